The van der Waals surface area contributed by atoms with E-state index in [0.717, 1.165) is 17.4 Å². The summed E-state index contributed by atoms with van der Waals surface area (Å²) in [4.78, 5) is 0. The fourth-order valence-corrected chi connectivity index (χ4v) is 1.64. The van der Waals surface area contributed by atoms with Crippen LogP contribution in [0.2, 0.25) is 0 Å². The van der Waals surface area contributed by atoms with Gasteiger partial charge in [-0.15, -0.1) is 0 Å². The molecule has 0 spiro atoms. The number of likely N-dealkylation sites (N-methyl/N-ethyl adjacent to an activating group) is 1. The Morgan fingerprint density at radius 1 is 1.38 bits per heavy atom. The number of aliphatic hydroxyl groups excluding tert-OH is 1. The highest BCUT2D eigenvalue weighted by Gasteiger charge is 2.33. The van der Waals surface area contributed by atoms with Crippen molar-refractivity contribution in [3.8, 4) is 0 Å². The average Bonchev–Trinajstić information content (AvgIpc) is 2.07. The van der Waals surface area contributed by atoms with Crippen LogP contribution in [0.3, 0.4) is 0 Å². The summed E-state index contributed by atoms with van der Waals surface area (Å²) in [6, 6.07) is 0. The zero-order valence-electron chi connectivity index (χ0n) is 8.83. The number of aliphatic hydroxyl groups is 1. The summed E-state index contributed by atoms with van der Waals surface area (Å²) in [5.41, 5.74) is 0. The summed E-state index contributed by atoms with van der Waals surface area (Å²) in [6.45, 7) is 2.90. The van der Waals surface area contributed by atoms with Crippen molar-refractivity contribution in [2.24, 2.45) is 0 Å². The van der Waals surface area contributed by atoms with Crippen LogP contribution in [0.25, 0.3) is 0 Å². The van der Waals surface area contributed by atoms with Crippen LogP contribution >= 0.6 is 0 Å². The van der Waals surface area contributed by atoms with Gasteiger partial charge in [0.05, 0.1) is 33.4 Å². The molecule has 80 valence electrons. The van der Waals surface area contributed by atoms with Gasteiger partial charge in [0.2, 0.25) is 0 Å². The lowest BCUT2D eigenvalue weighted by molar-refractivity contribution is -0.873. The molecule has 0 aliphatic carbocycles. The van der Waals surface area contributed by atoms with E-state index in [1.165, 1.54) is 0 Å². The van der Waals surface area contributed by atoms with Gasteiger partial charge < -0.3 is 26.7 Å². The van der Waals surface area contributed by atoms with Crippen LogP contribution in [-0.2, 0) is 4.74 Å². The molecule has 3 nitrogen and oxygen atoms in total. The topological polar surface area (TPSA) is 29.5 Å². The van der Waals surface area contributed by atoms with Crippen LogP contribution in [0, 0.1) is 0 Å². The van der Waals surface area contributed by atoms with Gasteiger partial charge in [-0.2, -0.15) is 0 Å². The highest BCUT2D eigenvalue weighted by atomic mass is 35.5. The van der Waals surface area contributed by atoms with Gasteiger partial charge in [-0.3, -0.25) is 0 Å². The molecule has 0 amide bonds. The minimum absolute atomic E-state index is 0. The van der Waals surface area contributed by atoms with Crippen LogP contribution in [0.1, 0.15) is 13.3 Å². The van der Waals surface area contributed by atoms with E-state index in [1.54, 1.807) is 0 Å². The van der Waals surface area contributed by atoms with E-state index in [9.17, 15) is 5.11 Å². The summed E-state index contributed by atoms with van der Waals surface area (Å²) in [5.74, 6) is 0. The Labute approximate surface area is 86.7 Å². The zero-order valence-corrected chi connectivity index (χ0v) is 9.58. The fraction of sp³-hybridized carbons (Fsp3) is 1.00. The van der Waals surface area contributed by atoms with Crippen molar-refractivity contribution in [2.75, 3.05) is 27.7 Å². The number of hydrogen-bond donors (Lipinski definition) is 1. The predicted molar refractivity (Wildman–Crippen MR) is 47.9 cm³/mol. The average molecular weight is 210 g/mol. The molecule has 1 aliphatic heterocycles. The highest BCUT2D eigenvalue weighted by molar-refractivity contribution is 4.78. The number of quaternary nitrogens is 1. The molecule has 0 bridgehead atoms. The van der Waals surface area contributed by atoms with Crippen molar-refractivity contribution in [2.45, 2.75) is 31.7 Å². The first kappa shape index (κ1) is 13.2. The van der Waals surface area contributed by atoms with Gasteiger partial charge in [-0.1, -0.05) is 0 Å². The largest absolute Gasteiger partial charge is 1.00 e. The van der Waals surface area contributed by atoms with Crippen LogP contribution < -0.4 is 12.4 Å². The lowest BCUT2D eigenvalue weighted by atomic mass is 10.1. The second-order valence-electron chi connectivity index (χ2n) is 4.74. The normalized spacial score (nSPS) is 34.4. The van der Waals surface area contributed by atoms with Gasteiger partial charge in [-0.05, 0) is 6.92 Å². The number of rotatable bonds is 2. The molecule has 1 N–H and O–H groups in total. The van der Waals surface area contributed by atoms with Crippen LogP contribution in [-0.4, -0.2) is 55.6 Å². The molecule has 3 atom stereocenters. The molecule has 0 aromatic carbocycles. The van der Waals surface area contributed by atoms with E-state index >= 15 is 0 Å². The standard InChI is InChI=1S/C9H20NO2.ClH/c1-7-9(11)5-8(12-7)6-10(2,3)4;/h7-9,11H,5-6H2,1-4H3;1H/q+1;/p-1/t7-,8-,9-;/m0./s1. The van der Waals surface area contributed by atoms with Crippen LogP contribution in [0.15, 0.2) is 0 Å². The van der Waals surface area contributed by atoms with E-state index in [4.69, 9.17) is 4.74 Å². The molecule has 1 aliphatic rings. The van der Waals surface area contributed by atoms with E-state index in [0.29, 0.717) is 0 Å². The molecular weight excluding hydrogens is 190 g/mol. The maximum atomic E-state index is 9.43. The van der Waals surface area contributed by atoms with Crippen molar-refractivity contribution in [3.63, 3.8) is 0 Å². The third-order valence-corrected chi connectivity index (χ3v) is 2.20. The second kappa shape index (κ2) is 4.60. The van der Waals surface area contributed by atoms with Crippen molar-refractivity contribution < 1.29 is 26.7 Å². The monoisotopic (exact) mass is 209 g/mol. The van der Waals surface area contributed by atoms with Gasteiger partial charge in [-0.25, -0.2) is 0 Å². The van der Waals surface area contributed by atoms with E-state index in [2.05, 4.69) is 21.1 Å². The molecule has 1 heterocycles. The van der Waals surface area contributed by atoms with Gasteiger partial charge >= 0.3 is 0 Å². The highest BCUT2D eigenvalue weighted by Crippen LogP contribution is 2.21. The first-order chi connectivity index (χ1) is 5.38. The lowest BCUT2D eigenvalue weighted by Crippen LogP contribution is -3.00. The van der Waals surface area contributed by atoms with E-state index in [-0.39, 0.29) is 30.7 Å². The molecule has 4 heteroatoms. The molecule has 0 unspecified atom stereocenters. The Bertz CT molecular complexity index is 148. The van der Waals surface area contributed by atoms with Crippen molar-refractivity contribution >= 4 is 0 Å². The Hall–Kier alpha value is 0.170. The fourth-order valence-electron chi connectivity index (χ4n) is 1.64. The minimum atomic E-state index is -0.262. The summed E-state index contributed by atoms with van der Waals surface area (Å²) in [5, 5.41) is 9.43. The smallest absolute Gasteiger partial charge is 0.109 e. The summed E-state index contributed by atoms with van der Waals surface area (Å²) < 4.78 is 6.48. The van der Waals surface area contributed by atoms with Crippen LogP contribution in [0.5, 0.6) is 0 Å². The molecule has 0 aromatic heterocycles. The van der Waals surface area contributed by atoms with E-state index in [1.807, 2.05) is 6.92 Å². The molecule has 1 saturated heterocycles. The summed E-state index contributed by atoms with van der Waals surface area (Å²) in [6.07, 6.45) is 0.773. The van der Waals surface area contributed by atoms with Gasteiger partial charge in [0, 0.05) is 6.42 Å². The zero-order chi connectivity index (χ0) is 9.35. The summed E-state index contributed by atoms with van der Waals surface area (Å²) in [7, 11) is 6.41. The lowest BCUT2D eigenvalue weighted by Gasteiger charge is -2.26. The van der Waals surface area contributed by atoms with Crippen molar-refractivity contribution in [1.29, 1.82) is 0 Å². The third-order valence-electron chi connectivity index (χ3n) is 2.20. The quantitative estimate of drug-likeness (QED) is 0.500. The van der Waals surface area contributed by atoms with Crippen molar-refractivity contribution in [1.82, 2.24) is 0 Å². The second-order valence-corrected chi connectivity index (χ2v) is 4.74. The molecule has 0 aromatic rings. The molecule has 1 fully saturated rings. The number of ether oxygens (including phenoxy) is 1. The Kier molecular flexibility index (Phi) is 4.66. The first-order valence-corrected chi connectivity index (χ1v) is 4.52. The minimum Gasteiger partial charge on any atom is -1.00 e. The maximum Gasteiger partial charge on any atom is 0.109 e. The summed E-state index contributed by atoms with van der Waals surface area (Å²) >= 11 is 0. The van der Waals surface area contributed by atoms with Gasteiger partial charge in [0.15, 0.2) is 0 Å². The predicted octanol–water partition coefficient (Wildman–Crippen LogP) is -2.77. The Morgan fingerprint density at radius 2 is 1.92 bits per heavy atom. The van der Waals surface area contributed by atoms with Gasteiger partial charge in [0.1, 0.15) is 12.6 Å². The maximum absolute atomic E-state index is 9.43. The molecular formula is C9H20ClNO2. The first-order valence-electron chi connectivity index (χ1n) is 4.52. The van der Waals surface area contributed by atoms with Crippen LogP contribution in [0.4, 0.5) is 0 Å². The van der Waals surface area contributed by atoms with Gasteiger partial charge in [0.25, 0.3) is 0 Å². The molecule has 0 saturated carbocycles. The van der Waals surface area contributed by atoms with E-state index < -0.39 is 0 Å². The SMILES string of the molecule is C[C@@H]1O[C@H](C[N+](C)(C)C)C[C@@H]1O.[Cl-]. The molecule has 0 radical (unpaired) electrons. The molecule has 13 heavy (non-hydrogen) atoms. The number of halogens is 1. The Morgan fingerprint density at radius 3 is 2.23 bits per heavy atom. The number of hydrogen-bond acceptors (Lipinski definition) is 2. The van der Waals surface area contributed by atoms with Crippen molar-refractivity contribution in [3.05, 3.63) is 0 Å². The third kappa shape index (κ3) is 4.27. The molecule has 1 rings (SSSR count). The number of nitrogens with zero attached hydrogens (tertiary/aromatic N) is 1. The Balaban J connectivity index is 0.00000144.